The van der Waals surface area contributed by atoms with Gasteiger partial charge in [-0.2, -0.15) is 0 Å². The van der Waals surface area contributed by atoms with Crippen LogP contribution in [0.4, 0.5) is 5.69 Å². The molecule has 24 heavy (non-hydrogen) atoms. The molecule has 0 fully saturated rings. The van der Waals surface area contributed by atoms with Crippen molar-refractivity contribution in [1.82, 2.24) is 5.32 Å². The SMILES string of the molecule is Cc1ccc(OC(C)C(=O)NCc2ccc(N(C)C)cc2)c(C)c1. The van der Waals surface area contributed by atoms with E-state index in [1.165, 1.54) is 5.56 Å². The van der Waals surface area contributed by atoms with Crippen LogP contribution in [0.3, 0.4) is 0 Å². The molecule has 1 N–H and O–H groups in total. The smallest absolute Gasteiger partial charge is 0.261 e. The van der Waals surface area contributed by atoms with Gasteiger partial charge >= 0.3 is 0 Å². The summed E-state index contributed by atoms with van der Waals surface area (Å²) in [5, 5.41) is 2.92. The van der Waals surface area contributed by atoms with Crippen LogP contribution in [0.5, 0.6) is 5.75 Å². The molecule has 128 valence electrons. The van der Waals surface area contributed by atoms with Gasteiger partial charge in [-0.15, -0.1) is 0 Å². The highest BCUT2D eigenvalue weighted by Crippen LogP contribution is 2.20. The summed E-state index contributed by atoms with van der Waals surface area (Å²) in [5.41, 5.74) is 4.41. The van der Waals surface area contributed by atoms with E-state index in [0.717, 1.165) is 22.6 Å². The van der Waals surface area contributed by atoms with E-state index in [1.807, 2.05) is 75.3 Å². The Balaban J connectivity index is 1.89. The Morgan fingerprint density at radius 2 is 1.79 bits per heavy atom. The fraction of sp³-hybridized carbons (Fsp3) is 0.350. The average Bonchev–Trinajstić information content (AvgIpc) is 2.55. The van der Waals surface area contributed by atoms with Gasteiger partial charge in [0.2, 0.25) is 0 Å². The number of rotatable bonds is 6. The molecular weight excluding hydrogens is 300 g/mol. The number of amides is 1. The van der Waals surface area contributed by atoms with Crippen molar-refractivity contribution in [2.75, 3.05) is 19.0 Å². The van der Waals surface area contributed by atoms with E-state index < -0.39 is 6.10 Å². The van der Waals surface area contributed by atoms with E-state index in [1.54, 1.807) is 6.92 Å². The summed E-state index contributed by atoms with van der Waals surface area (Å²) in [6.07, 6.45) is -0.535. The maximum atomic E-state index is 12.2. The number of carbonyl (C=O) groups excluding carboxylic acids is 1. The molecule has 0 bridgehead atoms. The summed E-state index contributed by atoms with van der Waals surface area (Å²) >= 11 is 0. The number of hydrogen-bond acceptors (Lipinski definition) is 3. The summed E-state index contributed by atoms with van der Waals surface area (Å²) in [5.74, 6) is 0.630. The van der Waals surface area contributed by atoms with Gasteiger partial charge in [0.1, 0.15) is 5.75 Å². The van der Waals surface area contributed by atoms with E-state index >= 15 is 0 Å². The van der Waals surface area contributed by atoms with Crippen LogP contribution in [0.1, 0.15) is 23.6 Å². The predicted octanol–water partition coefficient (Wildman–Crippen LogP) is 3.45. The minimum Gasteiger partial charge on any atom is -0.481 e. The fourth-order valence-electron chi connectivity index (χ4n) is 2.42. The topological polar surface area (TPSA) is 41.6 Å². The molecule has 1 amide bonds. The second-order valence-corrected chi connectivity index (χ2v) is 6.31. The number of aryl methyl sites for hydroxylation is 2. The van der Waals surface area contributed by atoms with Crippen molar-refractivity contribution in [1.29, 1.82) is 0 Å². The lowest BCUT2D eigenvalue weighted by molar-refractivity contribution is -0.127. The summed E-state index contributed by atoms with van der Waals surface area (Å²) in [7, 11) is 4.01. The third-order valence-corrected chi connectivity index (χ3v) is 3.92. The molecule has 1 atom stereocenters. The van der Waals surface area contributed by atoms with E-state index in [9.17, 15) is 4.79 Å². The number of benzene rings is 2. The standard InChI is InChI=1S/C20H26N2O2/c1-14-6-11-19(15(2)12-14)24-16(3)20(23)21-13-17-7-9-18(10-8-17)22(4)5/h6-12,16H,13H2,1-5H3,(H,21,23). The van der Waals surface area contributed by atoms with Gasteiger partial charge < -0.3 is 15.0 Å². The highest BCUT2D eigenvalue weighted by Gasteiger charge is 2.15. The Kier molecular flexibility index (Phi) is 5.85. The zero-order valence-electron chi connectivity index (χ0n) is 15.1. The van der Waals surface area contributed by atoms with Gasteiger partial charge in [-0.05, 0) is 50.1 Å². The Morgan fingerprint density at radius 1 is 1.12 bits per heavy atom. The second-order valence-electron chi connectivity index (χ2n) is 6.31. The summed E-state index contributed by atoms with van der Waals surface area (Å²) in [6.45, 7) is 6.28. The van der Waals surface area contributed by atoms with Crippen molar-refractivity contribution in [2.24, 2.45) is 0 Å². The molecule has 1 unspecified atom stereocenters. The van der Waals surface area contributed by atoms with Gasteiger partial charge in [0.25, 0.3) is 5.91 Å². The van der Waals surface area contributed by atoms with Crippen LogP contribution in [0.2, 0.25) is 0 Å². The van der Waals surface area contributed by atoms with Gasteiger partial charge in [0, 0.05) is 26.3 Å². The molecule has 4 nitrogen and oxygen atoms in total. The Morgan fingerprint density at radius 3 is 2.38 bits per heavy atom. The van der Waals surface area contributed by atoms with Gasteiger partial charge in [-0.1, -0.05) is 29.8 Å². The molecule has 0 saturated heterocycles. The van der Waals surface area contributed by atoms with E-state index in [0.29, 0.717) is 6.54 Å². The van der Waals surface area contributed by atoms with Crippen LogP contribution >= 0.6 is 0 Å². The van der Waals surface area contributed by atoms with Crippen molar-refractivity contribution in [3.8, 4) is 5.75 Å². The van der Waals surface area contributed by atoms with Crippen LogP contribution in [-0.4, -0.2) is 26.1 Å². The van der Waals surface area contributed by atoms with Gasteiger partial charge in [0.05, 0.1) is 0 Å². The third-order valence-electron chi connectivity index (χ3n) is 3.92. The molecule has 0 aromatic heterocycles. The van der Waals surface area contributed by atoms with Crippen LogP contribution < -0.4 is 15.0 Å². The van der Waals surface area contributed by atoms with E-state index in [4.69, 9.17) is 4.74 Å². The van der Waals surface area contributed by atoms with Gasteiger partial charge in [-0.25, -0.2) is 0 Å². The lowest BCUT2D eigenvalue weighted by Crippen LogP contribution is -2.36. The fourth-order valence-corrected chi connectivity index (χ4v) is 2.42. The maximum Gasteiger partial charge on any atom is 0.261 e. The first-order valence-electron chi connectivity index (χ1n) is 8.14. The van der Waals surface area contributed by atoms with E-state index in [2.05, 4.69) is 5.32 Å². The normalized spacial score (nSPS) is 11.7. The second kappa shape index (κ2) is 7.86. The van der Waals surface area contributed by atoms with Crippen LogP contribution in [-0.2, 0) is 11.3 Å². The molecule has 0 spiro atoms. The zero-order valence-corrected chi connectivity index (χ0v) is 15.1. The van der Waals surface area contributed by atoms with Crippen molar-refractivity contribution in [3.05, 3.63) is 59.2 Å². The molecule has 4 heteroatoms. The van der Waals surface area contributed by atoms with E-state index in [-0.39, 0.29) is 5.91 Å². The summed E-state index contributed by atoms with van der Waals surface area (Å²) in [4.78, 5) is 14.3. The molecule has 2 aromatic carbocycles. The summed E-state index contributed by atoms with van der Waals surface area (Å²) in [6, 6.07) is 14.1. The number of nitrogens with zero attached hydrogens (tertiary/aromatic N) is 1. The first-order valence-corrected chi connectivity index (χ1v) is 8.14. The highest BCUT2D eigenvalue weighted by molar-refractivity contribution is 5.80. The monoisotopic (exact) mass is 326 g/mol. The van der Waals surface area contributed by atoms with Gasteiger partial charge in [-0.3, -0.25) is 4.79 Å². The zero-order chi connectivity index (χ0) is 17.7. The quantitative estimate of drug-likeness (QED) is 0.884. The minimum absolute atomic E-state index is 0.119. The number of hydrogen-bond donors (Lipinski definition) is 1. The summed E-state index contributed by atoms with van der Waals surface area (Å²) < 4.78 is 5.78. The molecule has 0 saturated carbocycles. The Labute approximate surface area is 144 Å². The van der Waals surface area contributed by atoms with Crippen molar-refractivity contribution in [2.45, 2.75) is 33.4 Å². The van der Waals surface area contributed by atoms with Crippen LogP contribution in [0, 0.1) is 13.8 Å². The Bertz CT molecular complexity index is 693. The lowest BCUT2D eigenvalue weighted by atomic mass is 10.1. The van der Waals surface area contributed by atoms with Gasteiger partial charge in [0.15, 0.2) is 6.10 Å². The molecule has 0 aliphatic heterocycles. The number of nitrogens with one attached hydrogen (secondary N) is 1. The number of ether oxygens (including phenoxy) is 1. The molecular formula is C20H26N2O2. The molecule has 2 rings (SSSR count). The van der Waals surface area contributed by atoms with Crippen molar-refractivity contribution < 1.29 is 9.53 Å². The number of anilines is 1. The van der Waals surface area contributed by atoms with Crippen LogP contribution in [0.25, 0.3) is 0 Å². The average molecular weight is 326 g/mol. The lowest BCUT2D eigenvalue weighted by Gasteiger charge is -2.17. The molecule has 2 aromatic rings. The number of carbonyl (C=O) groups is 1. The first-order chi connectivity index (χ1) is 11.4. The maximum absolute atomic E-state index is 12.2. The molecule has 0 radical (unpaired) electrons. The van der Waals surface area contributed by atoms with Crippen molar-refractivity contribution in [3.63, 3.8) is 0 Å². The minimum atomic E-state index is -0.535. The molecule has 0 aliphatic carbocycles. The third kappa shape index (κ3) is 4.75. The van der Waals surface area contributed by atoms with Crippen LogP contribution in [0.15, 0.2) is 42.5 Å². The largest absolute Gasteiger partial charge is 0.481 e. The first kappa shape index (κ1) is 17.9. The Hall–Kier alpha value is -2.49. The predicted molar refractivity (Wildman–Crippen MR) is 98.6 cm³/mol. The molecule has 0 aliphatic rings. The molecule has 0 heterocycles. The van der Waals surface area contributed by atoms with Crippen molar-refractivity contribution >= 4 is 11.6 Å². The highest BCUT2D eigenvalue weighted by atomic mass is 16.5.